The normalized spacial score (nSPS) is 12.2. The second-order valence-electron chi connectivity index (χ2n) is 4.16. The fourth-order valence-electron chi connectivity index (χ4n) is 1.93. The van der Waals surface area contributed by atoms with Crippen LogP contribution in [-0.2, 0) is 0 Å². The Labute approximate surface area is 136 Å². The molecule has 0 saturated heterocycles. The van der Waals surface area contributed by atoms with E-state index in [9.17, 15) is 0 Å². The van der Waals surface area contributed by atoms with Gasteiger partial charge >= 0.3 is 0 Å². The molecule has 0 saturated carbocycles. The van der Waals surface area contributed by atoms with Crippen molar-refractivity contribution in [3.05, 3.63) is 62.0 Å². The van der Waals surface area contributed by atoms with Crippen molar-refractivity contribution in [2.45, 2.75) is 6.04 Å². The summed E-state index contributed by atoms with van der Waals surface area (Å²) in [5.74, 6) is 6.45. The van der Waals surface area contributed by atoms with Crippen LogP contribution in [0.1, 0.15) is 17.2 Å². The zero-order chi connectivity index (χ0) is 14.7. The van der Waals surface area contributed by atoms with Crippen LogP contribution < -0.4 is 16.0 Å². The van der Waals surface area contributed by atoms with Crippen LogP contribution in [0.5, 0.6) is 5.75 Å². The largest absolute Gasteiger partial charge is 0.497 e. The van der Waals surface area contributed by atoms with E-state index >= 15 is 0 Å². The van der Waals surface area contributed by atoms with Crippen molar-refractivity contribution in [2.24, 2.45) is 5.84 Å². The molecule has 0 heterocycles. The van der Waals surface area contributed by atoms with Crippen LogP contribution in [0.4, 0.5) is 0 Å². The molecule has 3 nitrogen and oxygen atoms in total. The van der Waals surface area contributed by atoms with Gasteiger partial charge in [0.25, 0.3) is 0 Å². The van der Waals surface area contributed by atoms with Gasteiger partial charge < -0.3 is 4.74 Å². The lowest BCUT2D eigenvalue weighted by atomic mass is 9.99. The summed E-state index contributed by atoms with van der Waals surface area (Å²) in [5.41, 5.74) is 4.65. The van der Waals surface area contributed by atoms with E-state index < -0.39 is 0 Å². The second-order valence-corrected chi connectivity index (χ2v) is 5.83. The van der Waals surface area contributed by atoms with Gasteiger partial charge in [0.1, 0.15) is 5.75 Å². The van der Waals surface area contributed by atoms with Crippen LogP contribution in [0.3, 0.4) is 0 Å². The van der Waals surface area contributed by atoms with E-state index in [-0.39, 0.29) is 6.04 Å². The van der Waals surface area contributed by atoms with Crippen molar-refractivity contribution >= 4 is 39.1 Å². The van der Waals surface area contributed by atoms with E-state index in [1.54, 1.807) is 19.2 Å². The van der Waals surface area contributed by atoms with Crippen LogP contribution in [0.2, 0.25) is 10.0 Å². The number of benzene rings is 2. The molecule has 6 heteroatoms. The van der Waals surface area contributed by atoms with Gasteiger partial charge in [-0.1, -0.05) is 45.2 Å². The lowest BCUT2D eigenvalue weighted by Gasteiger charge is -2.19. The Morgan fingerprint density at radius 1 is 1.15 bits per heavy atom. The van der Waals surface area contributed by atoms with Gasteiger partial charge in [0.05, 0.1) is 23.2 Å². The Morgan fingerprint density at radius 3 is 2.50 bits per heavy atom. The minimum absolute atomic E-state index is 0.228. The summed E-state index contributed by atoms with van der Waals surface area (Å²) in [4.78, 5) is 0. The molecule has 0 aliphatic rings. The number of hydrogen-bond acceptors (Lipinski definition) is 3. The summed E-state index contributed by atoms with van der Waals surface area (Å²) >= 11 is 15.5. The summed E-state index contributed by atoms with van der Waals surface area (Å²) in [6, 6.07) is 10.9. The van der Waals surface area contributed by atoms with Gasteiger partial charge in [-0.05, 0) is 41.5 Å². The molecule has 0 amide bonds. The Kier molecular flexibility index (Phi) is 5.29. The highest BCUT2D eigenvalue weighted by atomic mass is 79.9. The van der Waals surface area contributed by atoms with Gasteiger partial charge in [0.2, 0.25) is 0 Å². The zero-order valence-corrected chi connectivity index (χ0v) is 13.8. The van der Waals surface area contributed by atoms with Crippen LogP contribution >= 0.6 is 39.1 Å². The smallest absolute Gasteiger partial charge is 0.119 e. The van der Waals surface area contributed by atoms with Crippen molar-refractivity contribution in [1.29, 1.82) is 0 Å². The quantitative estimate of drug-likeness (QED) is 0.618. The summed E-state index contributed by atoms with van der Waals surface area (Å²) in [6.45, 7) is 0. The van der Waals surface area contributed by atoms with E-state index in [4.69, 9.17) is 33.8 Å². The molecule has 0 fully saturated rings. The summed E-state index contributed by atoms with van der Waals surface area (Å²) in [7, 11) is 1.62. The molecule has 20 heavy (non-hydrogen) atoms. The Hall–Kier alpha value is -0.780. The first-order valence-electron chi connectivity index (χ1n) is 5.81. The Bertz CT molecular complexity index is 622. The van der Waals surface area contributed by atoms with Crippen LogP contribution in [0, 0.1) is 0 Å². The second kappa shape index (κ2) is 6.78. The Morgan fingerprint density at radius 2 is 1.90 bits per heavy atom. The average Bonchev–Trinajstić information content (AvgIpc) is 2.45. The number of methoxy groups -OCH3 is 1. The number of hydrazine groups is 1. The fourth-order valence-corrected chi connectivity index (χ4v) is 2.71. The molecule has 0 bridgehead atoms. The van der Waals surface area contributed by atoms with Gasteiger partial charge in [-0.2, -0.15) is 0 Å². The molecule has 0 radical (unpaired) electrons. The molecule has 1 unspecified atom stereocenters. The summed E-state index contributed by atoms with van der Waals surface area (Å²) in [5, 5.41) is 0.999. The highest BCUT2D eigenvalue weighted by Gasteiger charge is 2.17. The predicted octanol–water partition coefficient (Wildman–Crippen LogP) is 4.32. The molecule has 1 atom stereocenters. The van der Waals surface area contributed by atoms with E-state index in [0.717, 1.165) is 21.3 Å². The first-order valence-corrected chi connectivity index (χ1v) is 7.36. The van der Waals surface area contributed by atoms with Crippen molar-refractivity contribution in [3.8, 4) is 5.75 Å². The summed E-state index contributed by atoms with van der Waals surface area (Å²) < 4.78 is 6.17. The number of rotatable bonds is 4. The van der Waals surface area contributed by atoms with Crippen LogP contribution in [0.25, 0.3) is 0 Å². The number of nitrogens with two attached hydrogens (primary N) is 1. The van der Waals surface area contributed by atoms with Crippen LogP contribution in [-0.4, -0.2) is 7.11 Å². The van der Waals surface area contributed by atoms with E-state index in [1.807, 2.05) is 24.3 Å². The third kappa shape index (κ3) is 3.27. The van der Waals surface area contributed by atoms with Gasteiger partial charge in [-0.15, -0.1) is 0 Å². The highest BCUT2D eigenvalue weighted by molar-refractivity contribution is 9.10. The molecular weight excluding hydrogens is 363 g/mol. The first-order chi connectivity index (χ1) is 9.56. The molecule has 0 spiro atoms. The molecule has 0 aromatic heterocycles. The number of hydrogen-bond donors (Lipinski definition) is 2. The lowest BCUT2D eigenvalue weighted by molar-refractivity contribution is 0.413. The molecule has 0 aliphatic heterocycles. The number of halogens is 3. The first kappa shape index (κ1) is 15.6. The summed E-state index contributed by atoms with van der Waals surface area (Å²) in [6.07, 6.45) is 0. The predicted molar refractivity (Wildman–Crippen MR) is 86.3 cm³/mol. The monoisotopic (exact) mass is 374 g/mol. The van der Waals surface area contributed by atoms with E-state index in [0.29, 0.717) is 10.0 Å². The minimum atomic E-state index is -0.228. The van der Waals surface area contributed by atoms with Gasteiger partial charge in [0, 0.05) is 4.47 Å². The maximum absolute atomic E-state index is 6.06. The molecule has 106 valence electrons. The van der Waals surface area contributed by atoms with Crippen molar-refractivity contribution in [1.82, 2.24) is 5.43 Å². The fraction of sp³-hybridized carbons (Fsp3) is 0.143. The van der Waals surface area contributed by atoms with E-state index in [1.165, 1.54) is 0 Å². The molecule has 2 rings (SSSR count). The third-order valence-corrected chi connectivity index (χ3v) is 4.42. The maximum Gasteiger partial charge on any atom is 0.119 e. The topological polar surface area (TPSA) is 47.3 Å². The third-order valence-electron chi connectivity index (χ3n) is 2.96. The average molecular weight is 376 g/mol. The van der Waals surface area contributed by atoms with Gasteiger partial charge in [-0.3, -0.25) is 5.84 Å². The SMILES string of the molecule is COc1ccc(Br)c(C(NN)c2ccc(Cl)c(Cl)c2)c1. The lowest BCUT2D eigenvalue weighted by Crippen LogP contribution is -2.29. The van der Waals surface area contributed by atoms with Crippen molar-refractivity contribution < 1.29 is 4.74 Å². The van der Waals surface area contributed by atoms with Gasteiger partial charge in [0.15, 0.2) is 0 Å². The number of nitrogens with one attached hydrogen (secondary N) is 1. The van der Waals surface area contributed by atoms with Crippen molar-refractivity contribution in [3.63, 3.8) is 0 Å². The standard InChI is InChI=1S/C14H13BrCl2N2O/c1-20-9-3-4-11(15)10(7-9)14(19-18)8-2-5-12(16)13(17)6-8/h2-7,14,19H,18H2,1H3. The van der Waals surface area contributed by atoms with Crippen LogP contribution in [0.15, 0.2) is 40.9 Å². The molecular formula is C14H13BrCl2N2O. The molecule has 3 N–H and O–H groups in total. The Balaban J connectivity index is 2.48. The zero-order valence-electron chi connectivity index (χ0n) is 10.7. The van der Waals surface area contributed by atoms with E-state index in [2.05, 4.69) is 21.4 Å². The molecule has 2 aromatic carbocycles. The highest BCUT2D eigenvalue weighted by Crippen LogP contribution is 2.33. The number of ether oxygens (including phenoxy) is 1. The molecule has 0 aliphatic carbocycles. The van der Waals surface area contributed by atoms with Gasteiger partial charge in [-0.25, -0.2) is 5.43 Å². The minimum Gasteiger partial charge on any atom is -0.497 e. The van der Waals surface area contributed by atoms with Crippen molar-refractivity contribution in [2.75, 3.05) is 7.11 Å². The maximum atomic E-state index is 6.06. The molecule has 2 aromatic rings.